The van der Waals surface area contributed by atoms with Crippen LogP contribution >= 0.6 is 0 Å². The number of aliphatic hydroxyl groups is 1. The minimum Gasteiger partial charge on any atom is -0.392 e. The third-order valence-electron chi connectivity index (χ3n) is 4.58. The number of aromatic nitrogens is 4. The van der Waals surface area contributed by atoms with Crippen molar-refractivity contribution >= 4 is 5.82 Å². The van der Waals surface area contributed by atoms with E-state index < -0.39 is 0 Å². The molecule has 1 aromatic carbocycles. The highest BCUT2D eigenvalue weighted by molar-refractivity contribution is 5.54. The van der Waals surface area contributed by atoms with E-state index in [9.17, 15) is 5.11 Å². The summed E-state index contributed by atoms with van der Waals surface area (Å²) in [5.74, 6) is 2.48. The average molecular weight is 335 g/mol. The van der Waals surface area contributed by atoms with Gasteiger partial charge in [-0.1, -0.05) is 30.3 Å². The maximum absolute atomic E-state index is 9.47. The van der Waals surface area contributed by atoms with E-state index in [1.54, 1.807) is 0 Å². The van der Waals surface area contributed by atoms with E-state index >= 15 is 0 Å². The molecule has 2 N–H and O–H groups in total. The minimum atomic E-state index is 0.0231. The van der Waals surface area contributed by atoms with Crippen LogP contribution in [0.5, 0.6) is 0 Å². The molecule has 1 aliphatic heterocycles. The SMILES string of the molecule is Cc1cc(CO)cc(N2CCCC2c2nc(-c3ccccc3)n[nH]2)n1. The molecule has 0 radical (unpaired) electrons. The van der Waals surface area contributed by atoms with E-state index in [0.29, 0.717) is 0 Å². The molecular formula is C19H21N5O. The topological polar surface area (TPSA) is 77.9 Å². The van der Waals surface area contributed by atoms with Crippen molar-refractivity contribution in [2.45, 2.75) is 32.4 Å². The highest BCUT2D eigenvalue weighted by atomic mass is 16.3. The summed E-state index contributed by atoms with van der Waals surface area (Å²) >= 11 is 0. The molecule has 1 aliphatic rings. The fourth-order valence-corrected chi connectivity index (χ4v) is 3.42. The zero-order valence-electron chi connectivity index (χ0n) is 14.2. The summed E-state index contributed by atoms with van der Waals surface area (Å²) in [4.78, 5) is 11.6. The molecular weight excluding hydrogens is 314 g/mol. The third kappa shape index (κ3) is 3.13. The second-order valence-electron chi connectivity index (χ2n) is 6.39. The number of anilines is 1. The van der Waals surface area contributed by atoms with Gasteiger partial charge in [0.2, 0.25) is 0 Å². The fourth-order valence-electron chi connectivity index (χ4n) is 3.42. The van der Waals surface area contributed by atoms with Crippen LogP contribution in [0.4, 0.5) is 5.82 Å². The first-order valence-electron chi connectivity index (χ1n) is 8.57. The molecule has 0 bridgehead atoms. The Morgan fingerprint density at radius 2 is 2.04 bits per heavy atom. The van der Waals surface area contributed by atoms with Crippen molar-refractivity contribution < 1.29 is 5.11 Å². The van der Waals surface area contributed by atoms with Crippen LogP contribution in [0, 0.1) is 6.92 Å². The van der Waals surface area contributed by atoms with Gasteiger partial charge in [-0.05, 0) is 37.5 Å². The van der Waals surface area contributed by atoms with Crippen LogP contribution in [-0.4, -0.2) is 31.8 Å². The number of hydrogen-bond donors (Lipinski definition) is 2. The lowest BCUT2D eigenvalue weighted by Gasteiger charge is -2.24. The lowest BCUT2D eigenvalue weighted by Crippen LogP contribution is -2.24. The minimum absolute atomic E-state index is 0.0231. The lowest BCUT2D eigenvalue weighted by atomic mass is 10.2. The van der Waals surface area contributed by atoms with Gasteiger partial charge in [0.25, 0.3) is 0 Å². The lowest BCUT2D eigenvalue weighted by molar-refractivity contribution is 0.281. The second-order valence-corrected chi connectivity index (χ2v) is 6.39. The van der Waals surface area contributed by atoms with Crippen molar-refractivity contribution in [1.29, 1.82) is 0 Å². The molecule has 25 heavy (non-hydrogen) atoms. The van der Waals surface area contributed by atoms with Gasteiger partial charge >= 0.3 is 0 Å². The molecule has 2 aromatic heterocycles. The van der Waals surface area contributed by atoms with Gasteiger partial charge in [0, 0.05) is 17.8 Å². The fraction of sp³-hybridized carbons (Fsp3) is 0.316. The number of benzene rings is 1. The number of nitrogens with one attached hydrogen (secondary N) is 1. The summed E-state index contributed by atoms with van der Waals surface area (Å²) in [6.45, 7) is 2.90. The number of aryl methyl sites for hydroxylation is 1. The maximum Gasteiger partial charge on any atom is 0.181 e. The summed E-state index contributed by atoms with van der Waals surface area (Å²) in [6.07, 6.45) is 2.09. The summed E-state index contributed by atoms with van der Waals surface area (Å²) < 4.78 is 0. The number of pyridine rings is 1. The van der Waals surface area contributed by atoms with Crippen LogP contribution in [0.2, 0.25) is 0 Å². The van der Waals surface area contributed by atoms with E-state index in [-0.39, 0.29) is 12.6 Å². The van der Waals surface area contributed by atoms with Gasteiger partial charge in [-0.25, -0.2) is 9.97 Å². The van der Waals surface area contributed by atoms with E-state index in [1.807, 2.05) is 49.4 Å². The Bertz CT molecular complexity index is 861. The highest BCUT2D eigenvalue weighted by Crippen LogP contribution is 2.34. The Labute approximate surface area is 146 Å². The molecule has 6 nitrogen and oxygen atoms in total. The van der Waals surface area contributed by atoms with Gasteiger partial charge in [-0.3, -0.25) is 5.10 Å². The number of rotatable bonds is 4. The van der Waals surface area contributed by atoms with Crippen molar-refractivity contribution in [3.8, 4) is 11.4 Å². The molecule has 1 saturated heterocycles. The Balaban J connectivity index is 1.64. The smallest absolute Gasteiger partial charge is 0.181 e. The summed E-state index contributed by atoms with van der Waals surface area (Å²) in [6, 6.07) is 14.0. The standard InChI is InChI=1S/C19H21N5O/c1-13-10-14(12-25)11-17(20-13)24-9-5-8-16(24)19-21-18(22-23-19)15-6-3-2-4-7-15/h2-4,6-7,10-11,16,25H,5,8-9,12H2,1H3,(H,21,22,23). The van der Waals surface area contributed by atoms with Crippen LogP contribution in [0.25, 0.3) is 11.4 Å². The Hall–Kier alpha value is -2.73. The summed E-state index contributed by atoms with van der Waals surface area (Å²) in [5, 5.41) is 17.0. The largest absolute Gasteiger partial charge is 0.392 e. The first kappa shape index (κ1) is 15.8. The van der Waals surface area contributed by atoms with Gasteiger partial charge < -0.3 is 10.0 Å². The van der Waals surface area contributed by atoms with Crippen LogP contribution in [0.1, 0.15) is 36.0 Å². The van der Waals surface area contributed by atoms with Crippen LogP contribution in [0.15, 0.2) is 42.5 Å². The van der Waals surface area contributed by atoms with Crippen molar-refractivity contribution in [3.05, 3.63) is 59.5 Å². The first-order chi connectivity index (χ1) is 12.2. The molecule has 4 rings (SSSR count). The normalized spacial score (nSPS) is 17.2. The second kappa shape index (κ2) is 6.64. The number of H-pyrrole nitrogens is 1. The number of aromatic amines is 1. The Morgan fingerprint density at radius 1 is 1.20 bits per heavy atom. The molecule has 6 heteroatoms. The van der Waals surface area contributed by atoms with Crippen LogP contribution in [-0.2, 0) is 6.61 Å². The van der Waals surface area contributed by atoms with Gasteiger partial charge in [0.05, 0.1) is 12.6 Å². The quantitative estimate of drug-likeness (QED) is 0.766. The molecule has 128 valence electrons. The van der Waals surface area contributed by atoms with E-state index in [0.717, 1.165) is 53.7 Å². The van der Waals surface area contributed by atoms with Crippen LogP contribution < -0.4 is 4.90 Å². The van der Waals surface area contributed by atoms with Gasteiger partial charge in [-0.15, -0.1) is 0 Å². The molecule has 1 fully saturated rings. The third-order valence-corrected chi connectivity index (χ3v) is 4.58. The van der Waals surface area contributed by atoms with Gasteiger partial charge in [-0.2, -0.15) is 5.10 Å². The molecule has 0 amide bonds. The highest BCUT2D eigenvalue weighted by Gasteiger charge is 2.30. The molecule has 1 unspecified atom stereocenters. The van der Waals surface area contributed by atoms with Crippen molar-refractivity contribution in [2.75, 3.05) is 11.4 Å². The molecule has 0 spiro atoms. The van der Waals surface area contributed by atoms with Crippen LogP contribution in [0.3, 0.4) is 0 Å². The Morgan fingerprint density at radius 3 is 2.84 bits per heavy atom. The van der Waals surface area contributed by atoms with Crippen molar-refractivity contribution in [1.82, 2.24) is 20.2 Å². The zero-order valence-corrected chi connectivity index (χ0v) is 14.2. The van der Waals surface area contributed by atoms with E-state index in [4.69, 9.17) is 4.98 Å². The molecule has 3 aromatic rings. The number of nitrogens with zero attached hydrogens (tertiary/aromatic N) is 4. The van der Waals surface area contributed by atoms with Crippen molar-refractivity contribution in [2.24, 2.45) is 0 Å². The summed E-state index contributed by atoms with van der Waals surface area (Å²) in [5.41, 5.74) is 2.80. The number of aliphatic hydroxyl groups excluding tert-OH is 1. The van der Waals surface area contributed by atoms with E-state index in [1.165, 1.54) is 0 Å². The zero-order chi connectivity index (χ0) is 17.2. The average Bonchev–Trinajstić information content (AvgIpc) is 3.31. The molecule has 0 saturated carbocycles. The van der Waals surface area contributed by atoms with Gasteiger partial charge in [0.1, 0.15) is 11.6 Å². The molecule has 1 atom stereocenters. The van der Waals surface area contributed by atoms with E-state index in [2.05, 4.69) is 20.1 Å². The van der Waals surface area contributed by atoms with Crippen molar-refractivity contribution in [3.63, 3.8) is 0 Å². The predicted molar refractivity (Wildman–Crippen MR) is 96.0 cm³/mol. The molecule has 0 aliphatic carbocycles. The molecule has 3 heterocycles. The summed E-state index contributed by atoms with van der Waals surface area (Å²) in [7, 11) is 0. The predicted octanol–water partition coefficient (Wildman–Crippen LogP) is 3.01. The Kier molecular flexibility index (Phi) is 4.19. The first-order valence-corrected chi connectivity index (χ1v) is 8.57. The van der Waals surface area contributed by atoms with Gasteiger partial charge in [0.15, 0.2) is 5.82 Å². The monoisotopic (exact) mass is 335 g/mol. The maximum atomic E-state index is 9.47. The number of hydrogen-bond acceptors (Lipinski definition) is 5.